The van der Waals surface area contributed by atoms with Crippen LogP contribution < -0.4 is 0 Å². The van der Waals surface area contributed by atoms with Crippen LogP contribution in [0, 0.1) is 0 Å². The van der Waals surface area contributed by atoms with Crippen molar-refractivity contribution in [1.29, 1.82) is 0 Å². The molecule has 6 heteroatoms. The van der Waals surface area contributed by atoms with E-state index >= 15 is 0 Å². The molecule has 6 nitrogen and oxygen atoms in total. The lowest BCUT2D eigenvalue weighted by molar-refractivity contribution is -0.167. The average molecular weight is 1030 g/mol. The van der Waals surface area contributed by atoms with Crippen molar-refractivity contribution in [3.8, 4) is 0 Å². The Balaban J connectivity index is 4.24. The predicted molar refractivity (Wildman–Crippen MR) is 320 cm³/mol. The highest BCUT2D eigenvalue weighted by Gasteiger charge is 2.19. The smallest absolute Gasteiger partial charge is 0.306 e. The van der Waals surface area contributed by atoms with Gasteiger partial charge in [0.15, 0.2) is 6.10 Å². The van der Waals surface area contributed by atoms with Gasteiger partial charge in [-0.1, -0.05) is 258 Å². The standard InChI is InChI=1S/C68H112O6/c1-4-7-10-13-16-19-21-23-25-27-28-29-30-31-32-33-34-35-36-37-38-39-40-42-43-45-47-49-52-55-58-61-67(70)73-64-65(63-72-66(69)60-57-54-51-18-15-12-9-6-3)74-68(71)62-59-56-53-50-48-46-44-41-26-24-22-20-17-14-11-8-5-2/h7,10,16-17,19-20,23-26,28-29,31-32,34-35,37-38,40,42,65H,4-6,8-9,11-15,18,21-22,27,30,33,36,39,41,43-64H2,1-3H3/b10-7-,19-16-,20-17-,25-23-,26-24-,29-28-,32-31-,35-34-,38-37-,42-40-. The number of ether oxygens (including phenoxy) is 3. The molecule has 0 rings (SSSR count). The van der Waals surface area contributed by atoms with Crippen molar-refractivity contribution in [2.45, 2.75) is 277 Å². The lowest BCUT2D eigenvalue weighted by Gasteiger charge is -2.18. The van der Waals surface area contributed by atoms with Gasteiger partial charge in [0.1, 0.15) is 13.2 Å². The van der Waals surface area contributed by atoms with Crippen LogP contribution in [-0.2, 0) is 28.6 Å². The van der Waals surface area contributed by atoms with Gasteiger partial charge in [-0.25, -0.2) is 0 Å². The lowest BCUT2D eigenvalue weighted by Crippen LogP contribution is -2.30. The van der Waals surface area contributed by atoms with E-state index in [0.29, 0.717) is 19.3 Å². The third-order valence-electron chi connectivity index (χ3n) is 12.7. The zero-order valence-corrected chi connectivity index (χ0v) is 48.1. The van der Waals surface area contributed by atoms with Crippen LogP contribution in [0.15, 0.2) is 122 Å². The Morgan fingerprint density at radius 2 is 0.527 bits per heavy atom. The fourth-order valence-corrected chi connectivity index (χ4v) is 8.13. The number of rotatable bonds is 54. The maximum atomic E-state index is 12.8. The Kier molecular flexibility index (Phi) is 57.9. The fourth-order valence-electron chi connectivity index (χ4n) is 8.13. The Labute approximate surface area is 456 Å². The van der Waals surface area contributed by atoms with Crippen molar-refractivity contribution < 1.29 is 28.6 Å². The second kappa shape index (κ2) is 61.4. The van der Waals surface area contributed by atoms with Crippen molar-refractivity contribution in [3.63, 3.8) is 0 Å². The third kappa shape index (κ3) is 58.7. The van der Waals surface area contributed by atoms with Gasteiger partial charge in [-0.3, -0.25) is 14.4 Å². The van der Waals surface area contributed by atoms with E-state index in [2.05, 4.69) is 142 Å². The number of hydrogen-bond acceptors (Lipinski definition) is 6. The van der Waals surface area contributed by atoms with Gasteiger partial charge in [0, 0.05) is 19.3 Å². The maximum absolute atomic E-state index is 12.8. The summed E-state index contributed by atoms with van der Waals surface area (Å²) < 4.78 is 16.8. The van der Waals surface area contributed by atoms with Gasteiger partial charge < -0.3 is 14.2 Å². The summed E-state index contributed by atoms with van der Waals surface area (Å²) in [5, 5.41) is 0. The molecule has 0 heterocycles. The molecule has 0 radical (unpaired) electrons. The molecule has 0 N–H and O–H groups in total. The molecule has 0 aliphatic rings. The largest absolute Gasteiger partial charge is 0.462 e. The van der Waals surface area contributed by atoms with Gasteiger partial charge in [-0.2, -0.15) is 0 Å². The molecular formula is C68H112O6. The summed E-state index contributed by atoms with van der Waals surface area (Å²) in [6.07, 6.45) is 84.9. The zero-order valence-electron chi connectivity index (χ0n) is 48.1. The molecule has 0 saturated carbocycles. The maximum Gasteiger partial charge on any atom is 0.306 e. The monoisotopic (exact) mass is 1020 g/mol. The minimum atomic E-state index is -0.789. The molecule has 0 aliphatic carbocycles. The van der Waals surface area contributed by atoms with E-state index in [9.17, 15) is 14.4 Å². The van der Waals surface area contributed by atoms with Gasteiger partial charge >= 0.3 is 17.9 Å². The van der Waals surface area contributed by atoms with E-state index in [1.807, 2.05) is 0 Å². The van der Waals surface area contributed by atoms with Crippen molar-refractivity contribution in [2.75, 3.05) is 13.2 Å². The zero-order chi connectivity index (χ0) is 53.6. The summed E-state index contributed by atoms with van der Waals surface area (Å²) in [6, 6.07) is 0. The molecule has 0 bridgehead atoms. The van der Waals surface area contributed by atoms with Gasteiger partial charge in [0.25, 0.3) is 0 Å². The highest BCUT2D eigenvalue weighted by atomic mass is 16.6. The summed E-state index contributed by atoms with van der Waals surface area (Å²) in [7, 11) is 0. The van der Waals surface area contributed by atoms with Crippen LogP contribution in [0.2, 0.25) is 0 Å². The molecule has 0 saturated heterocycles. The predicted octanol–water partition coefficient (Wildman–Crippen LogP) is 20.8. The summed E-state index contributed by atoms with van der Waals surface area (Å²) in [5.74, 6) is -0.914. The molecule has 0 amide bonds. The lowest BCUT2D eigenvalue weighted by atomic mass is 10.1. The number of carbonyl (C=O) groups is 3. The van der Waals surface area contributed by atoms with Crippen LogP contribution in [-0.4, -0.2) is 37.2 Å². The van der Waals surface area contributed by atoms with Crippen LogP contribution in [0.1, 0.15) is 271 Å². The highest BCUT2D eigenvalue weighted by Crippen LogP contribution is 2.14. The molecule has 0 spiro atoms. The van der Waals surface area contributed by atoms with Crippen LogP contribution in [0.3, 0.4) is 0 Å². The normalized spacial score (nSPS) is 13.0. The van der Waals surface area contributed by atoms with Crippen LogP contribution in [0.4, 0.5) is 0 Å². The van der Waals surface area contributed by atoms with E-state index in [1.54, 1.807) is 0 Å². The first-order valence-electron chi connectivity index (χ1n) is 30.5. The van der Waals surface area contributed by atoms with E-state index in [0.717, 1.165) is 135 Å². The minimum absolute atomic E-state index is 0.0865. The Bertz CT molecular complexity index is 1550. The number of esters is 3. The average Bonchev–Trinajstić information content (AvgIpc) is 3.40. The fraction of sp³-hybridized carbons (Fsp3) is 0.662. The molecule has 1 unspecified atom stereocenters. The third-order valence-corrected chi connectivity index (χ3v) is 12.7. The molecular weight excluding hydrogens is 913 g/mol. The van der Waals surface area contributed by atoms with Gasteiger partial charge in [-0.05, 0) is 116 Å². The molecule has 0 fully saturated rings. The highest BCUT2D eigenvalue weighted by molar-refractivity contribution is 5.71. The summed E-state index contributed by atoms with van der Waals surface area (Å²) in [5.41, 5.74) is 0. The molecule has 0 aromatic rings. The Morgan fingerprint density at radius 1 is 0.284 bits per heavy atom. The van der Waals surface area contributed by atoms with Gasteiger partial charge in [0.2, 0.25) is 0 Å². The molecule has 1 atom stereocenters. The molecule has 74 heavy (non-hydrogen) atoms. The van der Waals surface area contributed by atoms with E-state index in [1.165, 1.54) is 96.3 Å². The summed E-state index contributed by atoms with van der Waals surface area (Å²) in [6.45, 7) is 6.45. The second-order valence-corrected chi connectivity index (χ2v) is 19.9. The van der Waals surface area contributed by atoms with Crippen molar-refractivity contribution in [3.05, 3.63) is 122 Å². The second-order valence-electron chi connectivity index (χ2n) is 19.9. The molecule has 0 aliphatic heterocycles. The number of allylic oxidation sites excluding steroid dienone is 20. The summed E-state index contributed by atoms with van der Waals surface area (Å²) >= 11 is 0. The first-order chi connectivity index (χ1) is 36.5. The van der Waals surface area contributed by atoms with E-state index in [-0.39, 0.29) is 31.1 Å². The first kappa shape index (κ1) is 69.8. The van der Waals surface area contributed by atoms with Crippen molar-refractivity contribution in [2.24, 2.45) is 0 Å². The number of unbranched alkanes of at least 4 members (excludes halogenated alkanes) is 23. The Hall–Kier alpha value is -4.19. The number of hydrogen-bond donors (Lipinski definition) is 0. The quantitative estimate of drug-likeness (QED) is 0.0261. The van der Waals surface area contributed by atoms with E-state index < -0.39 is 6.10 Å². The molecule has 0 aromatic carbocycles. The first-order valence-corrected chi connectivity index (χ1v) is 30.5. The van der Waals surface area contributed by atoms with Crippen LogP contribution >= 0.6 is 0 Å². The van der Waals surface area contributed by atoms with Crippen molar-refractivity contribution in [1.82, 2.24) is 0 Å². The minimum Gasteiger partial charge on any atom is -0.462 e. The van der Waals surface area contributed by atoms with Crippen molar-refractivity contribution >= 4 is 17.9 Å². The topological polar surface area (TPSA) is 78.9 Å². The SMILES string of the molecule is CC/C=C\C/C=C\C/C=C\C/C=C\C/C=C\C/C=C\C/C=C\C/C=C\CCCCCCCCC(=O)OCC(COC(=O)CCCCCCCCCC)OC(=O)CCCCCCCCC/C=C\C/C=C\CCCCC. The van der Waals surface area contributed by atoms with Gasteiger partial charge in [-0.15, -0.1) is 0 Å². The van der Waals surface area contributed by atoms with Gasteiger partial charge in [0.05, 0.1) is 0 Å². The Morgan fingerprint density at radius 3 is 0.851 bits per heavy atom. The van der Waals surface area contributed by atoms with Crippen LogP contribution in [0.25, 0.3) is 0 Å². The summed E-state index contributed by atoms with van der Waals surface area (Å²) in [4.78, 5) is 38.1. The number of carbonyl (C=O) groups excluding carboxylic acids is 3. The molecule has 0 aromatic heterocycles. The van der Waals surface area contributed by atoms with E-state index in [4.69, 9.17) is 14.2 Å². The molecule has 420 valence electrons. The van der Waals surface area contributed by atoms with Crippen LogP contribution in [0.5, 0.6) is 0 Å².